The van der Waals surface area contributed by atoms with Crippen LogP contribution in [0.5, 0.6) is 0 Å². The molecule has 2 rings (SSSR count). The average molecular weight is 276 g/mol. The van der Waals surface area contributed by atoms with Crippen LogP contribution in [0, 0.1) is 0 Å². The summed E-state index contributed by atoms with van der Waals surface area (Å²) in [6.07, 6.45) is 0.369. The minimum atomic E-state index is -0.446. The quantitative estimate of drug-likeness (QED) is 0.629. The fraction of sp³-hybridized carbons (Fsp3) is 0.467. The van der Waals surface area contributed by atoms with Crippen molar-refractivity contribution in [3.8, 4) is 0 Å². The Kier molecular flexibility index (Phi) is 4.87. The van der Waals surface area contributed by atoms with E-state index >= 15 is 0 Å². The summed E-state index contributed by atoms with van der Waals surface area (Å²) in [5.41, 5.74) is 0.630. The second kappa shape index (κ2) is 6.63. The second-order valence-corrected chi connectivity index (χ2v) is 5.03. The van der Waals surface area contributed by atoms with Gasteiger partial charge in [0.15, 0.2) is 0 Å². The van der Waals surface area contributed by atoms with Crippen molar-refractivity contribution in [1.82, 2.24) is 5.32 Å². The molecule has 0 aromatic heterocycles. The van der Waals surface area contributed by atoms with Crippen LogP contribution in [0.1, 0.15) is 20.3 Å². The van der Waals surface area contributed by atoms with Gasteiger partial charge < -0.3 is 10.1 Å². The SMILES string of the molecule is CC(C)OCCNC1CC(=O)N(c2ccccc2)C1=O. The number of ether oxygens (including phenoxy) is 1. The summed E-state index contributed by atoms with van der Waals surface area (Å²) in [6, 6.07) is 8.56. The van der Waals surface area contributed by atoms with Crippen molar-refractivity contribution in [2.24, 2.45) is 0 Å². The lowest BCUT2D eigenvalue weighted by Gasteiger charge is -2.15. The maximum atomic E-state index is 12.2. The minimum absolute atomic E-state index is 0.163. The Hall–Kier alpha value is -1.72. The van der Waals surface area contributed by atoms with Crippen LogP contribution in [0.2, 0.25) is 0 Å². The van der Waals surface area contributed by atoms with Crippen molar-refractivity contribution >= 4 is 17.5 Å². The molecule has 0 aliphatic carbocycles. The molecule has 108 valence electrons. The zero-order chi connectivity index (χ0) is 14.5. The molecule has 1 aromatic rings. The number of rotatable bonds is 6. The second-order valence-electron chi connectivity index (χ2n) is 5.03. The molecule has 1 heterocycles. The highest BCUT2D eigenvalue weighted by Gasteiger charge is 2.38. The third kappa shape index (κ3) is 3.43. The zero-order valence-electron chi connectivity index (χ0n) is 11.8. The number of hydrogen-bond acceptors (Lipinski definition) is 4. The van der Waals surface area contributed by atoms with E-state index in [1.54, 1.807) is 12.1 Å². The third-order valence-corrected chi connectivity index (χ3v) is 3.11. The summed E-state index contributed by atoms with van der Waals surface area (Å²) in [4.78, 5) is 25.5. The van der Waals surface area contributed by atoms with Crippen LogP contribution in [0.15, 0.2) is 30.3 Å². The van der Waals surface area contributed by atoms with E-state index < -0.39 is 6.04 Å². The Morgan fingerprint density at radius 2 is 2.00 bits per heavy atom. The zero-order valence-corrected chi connectivity index (χ0v) is 11.8. The van der Waals surface area contributed by atoms with Crippen LogP contribution in [0.25, 0.3) is 0 Å². The molecule has 1 atom stereocenters. The number of nitrogens with zero attached hydrogens (tertiary/aromatic N) is 1. The van der Waals surface area contributed by atoms with Crippen LogP contribution in [-0.4, -0.2) is 37.1 Å². The van der Waals surface area contributed by atoms with Gasteiger partial charge in [0, 0.05) is 6.54 Å². The Morgan fingerprint density at radius 1 is 1.30 bits per heavy atom. The summed E-state index contributed by atoms with van der Waals surface area (Å²) < 4.78 is 5.40. The first kappa shape index (κ1) is 14.7. The molecule has 20 heavy (non-hydrogen) atoms. The highest BCUT2D eigenvalue weighted by molar-refractivity contribution is 6.22. The number of para-hydroxylation sites is 1. The maximum Gasteiger partial charge on any atom is 0.251 e. The summed E-state index contributed by atoms with van der Waals surface area (Å²) in [5.74, 6) is -0.353. The Labute approximate surface area is 118 Å². The predicted octanol–water partition coefficient (Wildman–Crippen LogP) is 1.33. The van der Waals surface area contributed by atoms with E-state index in [9.17, 15) is 9.59 Å². The number of hydrogen-bond donors (Lipinski definition) is 1. The Bertz CT molecular complexity index is 473. The van der Waals surface area contributed by atoms with Crippen LogP contribution in [0.3, 0.4) is 0 Å². The normalized spacial score (nSPS) is 19.1. The number of anilines is 1. The van der Waals surface area contributed by atoms with Crippen LogP contribution >= 0.6 is 0 Å². The molecule has 1 aliphatic rings. The molecule has 0 saturated carbocycles. The van der Waals surface area contributed by atoms with Crippen molar-refractivity contribution in [1.29, 1.82) is 0 Å². The van der Waals surface area contributed by atoms with Crippen molar-refractivity contribution in [2.75, 3.05) is 18.1 Å². The molecule has 5 nitrogen and oxygen atoms in total. The van der Waals surface area contributed by atoms with Gasteiger partial charge in [-0.25, -0.2) is 4.90 Å². The summed E-state index contributed by atoms with van der Waals surface area (Å²) >= 11 is 0. The van der Waals surface area contributed by atoms with Crippen LogP contribution in [0.4, 0.5) is 5.69 Å². The summed E-state index contributed by atoms with van der Waals surface area (Å²) in [6.45, 7) is 5.01. The number of benzene rings is 1. The van der Waals surface area contributed by atoms with Crippen LogP contribution in [-0.2, 0) is 14.3 Å². The fourth-order valence-corrected chi connectivity index (χ4v) is 2.17. The van der Waals surface area contributed by atoms with Gasteiger partial charge in [0.1, 0.15) is 0 Å². The molecular weight excluding hydrogens is 256 g/mol. The topological polar surface area (TPSA) is 58.6 Å². The monoisotopic (exact) mass is 276 g/mol. The molecule has 1 aliphatic heterocycles. The number of imide groups is 1. The third-order valence-electron chi connectivity index (χ3n) is 3.11. The van der Waals surface area contributed by atoms with Crippen molar-refractivity contribution in [3.63, 3.8) is 0 Å². The van der Waals surface area contributed by atoms with Gasteiger partial charge in [-0.2, -0.15) is 0 Å². The largest absolute Gasteiger partial charge is 0.377 e. The highest BCUT2D eigenvalue weighted by Crippen LogP contribution is 2.22. The lowest BCUT2D eigenvalue weighted by molar-refractivity contribution is -0.121. The lowest BCUT2D eigenvalue weighted by Crippen LogP contribution is -2.40. The van der Waals surface area contributed by atoms with Crippen LogP contribution < -0.4 is 10.2 Å². The van der Waals surface area contributed by atoms with E-state index in [0.717, 1.165) is 0 Å². The molecule has 1 fully saturated rings. The molecule has 0 spiro atoms. The lowest BCUT2D eigenvalue weighted by atomic mass is 10.2. The van der Waals surface area contributed by atoms with Crippen molar-refractivity contribution in [3.05, 3.63) is 30.3 Å². The molecular formula is C15H20N2O3. The average Bonchev–Trinajstić information content (AvgIpc) is 2.70. The number of amides is 2. The first-order valence-corrected chi connectivity index (χ1v) is 6.86. The molecule has 1 aromatic carbocycles. The van der Waals surface area contributed by atoms with Gasteiger partial charge in [0.25, 0.3) is 5.91 Å². The van der Waals surface area contributed by atoms with Gasteiger partial charge in [-0.05, 0) is 26.0 Å². The number of nitrogens with one attached hydrogen (secondary N) is 1. The maximum absolute atomic E-state index is 12.2. The Morgan fingerprint density at radius 3 is 2.65 bits per heavy atom. The minimum Gasteiger partial charge on any atom is -0.377 e. The number of carbonyl (C=O) groups excluding carboxylic acids is 2. The number of carbonyl (C=O) groups is 2. The standard InChI is InChI=1S/C15H20N2O3/c1-11(2)20-9-8-16-13-10-14(18)17(15(13)19)12-6-4-3-5-7-12/h3-7,11,13,16H,8-10H2,1-2H3. The van der Waals surface area contributed by atoms with E-state index in [2.05, 4.69) is 5.32 Å². The predicted molar refractivity (Wildman–Crippen MR) is 76.4 cm³/mol. The van der Waals surface area contributed by atoms with Gasteiger partial charge in [-0.1, -0.05) is 18.2 Å². The highest BCUT2D eigenvalue weighted by atomic mass is 16.5. The van der Waals surface area contributed by atoms with E-state index in [1.807, 2.05) is 32.0 Å². The van der Waals surface area contributed by atoms with Gasteiger partial charge in [0.05, 0.1) is 30.9 Å². The van der Waals surface area contributed by atoms with E-state index in [1.165, 1.54) is 4.90 Å². The molecule has 1 unspecified atom stereocenters. The molecule has 1 saturated heterocycles. The first-order chi connectivity index (χ1) is 9.59. The van der Waals surface area contributed by atoms with Crippen molar-refractivity contribution < 1.29 is 14.3 Å². The van der Waals surface area contributed by atoms with E-state index in [0.29, 0.717) is 18.8 Å². The molecule has 1 N–H and O–H groups in total. The van der Waals surface area contributed by atoms with Gasteiger partial charge in [-0.15, -0.1) is 0 Å². The van der Waals surface area contributed by atoms with E-state index in [-0.39, 0.29) is 24.3 Å². The molecule has 0 bridgehead atoms. The smallest absolute Gasteiger partial charge is 0.251 e. The first-order valence-electron chi connectivity index (χ1n) is 6.86. The fourth-order valence-electron chi connectivity index (χ4n) is 2.17. The van der Waals surface area contributed by atoms with E-state index in [4.69, 9.17) is 4.74 Å². The van der Waals surface area contributed by atoms with Gasteiger partial charge in [0.2, 0.25) is 5.91 Å². The molecule has 2 amide bonds. The Balaban J connectivity index is 1.92. The summed E-state index contributed by atoms with van der Waals surface area (Å²) in [5, 5.41) is 3.08. The van der Waals surface area contributed by atoms with Crippen molar-refractivity contribution in [2.45, 2.75) is 32.4 Å². The molecule has 5 heteroatoms. The van der Waals surface area contributed by atoms with Gasteiger partial charge >= 0.3 is 0 Å². The summed E-state index contributed by atoms with van der Waals surface area (Å²) in [7, 11) is 0. The van der Waals surface area contributed by atoms with Gasteiger partial charge in [-0.3, -0.25) is 9.59 Å². The molecule has 0 radical (unpaired) electrons.